The van der Waals surface area contributed by atoms with Gasteiger partial charge >= 0.3 is 0 Å². The maximum absolute atomic E-state index is 11.8. The number of carbonyl (C=O) groups is 1. The van der Waals surface area contributed by atoms with Gasteiger partial charge in [0.05, 0.1) is 6.42 Å². The van der Waals surface area contributed by atoms with Gasteiger partial charge in [-0.2, -0.15) is 0 Å². The molecule has 0 fully saturated rings. The largest absolute Gasteiger partial charge is 0.292 e. The molecule has 0 N–H and O–H groups in total. The second kappa shape index (κ2) is 4.99. The van der Waals surface area contributed by atoms with Crippen molar-refractivity contribution in [3.8, 4) is 0 Å². The molecule has 0 spiro atoms. The summed E-state index contributed by atoms with van der Waals surface area (Å²) in [5.41, 5.74) is 1.23. The van der Waals surface area contributed by atoms with Crippen molar-refractivity contribution >= 4 is 21.7 Å². The Labute approximate surface area is 102 Å². The Morgan fingerprint density at radius 3 is 2.69 bits per heavy atom. The van der Waals surface area contributed by atoms with Gasteiger partial charge in [0.1, 0.15) is 5.69 Å². The SMILES string of the molecule is O=C(Cc1ccc(Br)cn1)c1ccccn1. The summed E-state index contributed by atoms with van der Waals surface area (Å²) in [6, 6.07) is 8.99. The number of aromatic nitrogens is 2. The van der Waals surface area contributed by atoms with Crippen LogP contribution in [0.4, 0.5) is 0 Å². The molecular formula is C12H9BrN2O. The highest BCUT2D eigenvalue weighted by Gasteiger charge is 2.08. The van der Waals surface area contributed by atoms with Gasteiger partial charge in [0.15, 0.2) is 5.78 Å². The molecule has 16 heavy (non-hydrogen) atoms. The van der Waals surface area contributed by atoms with Gasteiger partial charge < -0.3 is 0 Å². The molecule has 0 aliphatic carbocycles. The minimum atomic E-state index is -0.0181. The van der Waals surface area contributed by atoms with Crippen LogP contribution in [0.15, 0.2) is 47.2 Å². The van der Waals surface area contributed by atoms with E-state index in [4.69, 9.17) is 0 Å². The molecule has 4 heteroatoms. The van der Waals surface area contributed by atoms with E-state index in [1.807, 2.05) is 12.1 Å². The van der Waals surface area contributed by atoms with Crippen molar-refractivity contribution < 1.29 is 4.79 Å². The molecule has 2 heterocycles. The fourth-order valence-corrected chi connectivity index (χ4v) is 1.53. The molecule has 0 amide bonds. The number of carbonyl (C=O) groups excluding carboxylic acids is 1. The monoisotopic (exact) mass is 276 g/mol. The lowest BCUT2D eigenvalue weighted by molar-refractivity contribution is 0.0987. The van der Waals surface area contributed by atoms with E-state index in [0.717, 1.165) is 10.2 Å². The zero-order valence-corrected chi connectivity index (χ0v) is 10.0. The van der Waals surface area contributed by atoms with Gasteiger partial charge in [-0.3, -0.25) is 14.8 Å². The Morgan fingerprint density at radius 2 is 2.06 bits per heavy atom. The van der Waals surface area contributed by atoms with Gasteiger partial charge in [0.25, 0.3) is 0 Å². The highest BCUT2D eigenvalue weighted by Crippen LogP contribution is 2.09. The van der Waals surface area contributed by atoms with Crippen LogP contribution in [0, 0.1) is 0 Å². The van der Waals surface area contributed by atoms with Crippen molar-refractivity contribution in [1.82, 2.24) is 9.97 Å². The van der Waals surface area contributed by atoms with E-state index in [-0.39, 0.29) is 12.2 Å². The highest BCUT2D eigenvalue weighted by molar-refractivity contribution is 9.10. The molecular weight excluding hydrogens is 268 g/mol. The van der Waals surface area contributed by atoms with Crippen LogP contribution < -0.4 is 0 Å². The molecule has 0 saturated carbocycles. The summed E-state index contributed by atoms with van der Waals surface area (Å²) in [5, 5.41) is 0. The van der Waals surface area contributed by atoms with Gasteiger partial charge in [0.2, 0.25) is 0 Å². The molecule has 0 radical (unpaired) electrons. The molecule has 0 aliphatic rings. The van der Waals surface area contributed by atoms with E-state index in [1.165, 1.54) is 0 Å². The topological polar surface area (TPSA) is 42.9 Å². The Bertz CT molecular complexity index is 482. The molecule has 0 saturated heterocycles. The summed E-state index contributed by atoms with van der Waals surface area (Å²) in [6.07, 6.45) is 3.58. The fraction of sp³-hybridized carbons (Fsp3) is 0.0833. The van der Waals surface area contributed by atoms with Crippen molar-refractivity contribution in [2.45, 2.75) is 6.42 Å². The van der Waals surface area contributed by atoms with Gasteiger partial charge in [-0.05, 0) is 40.2 Å². The Kier molecular flexibility index (Phi) is 3.41. The second-order valence-electron chi connectivity index (χ2n) is 3.28. The normalized spacial score (nSPS) is 10.1. The number of Topliss-reactive ketones (excluding diaryl/α,β-unsaturated/α-hetero) is 1. The Hall–Kier alpha value is -1.55. The quantitative estimate of drug-likeness (QED) is 0.810. The third-order valence-corrected chi connectivity index (χ3v) is 2.55. The summed E-state index contributed by atoms with van der Waals surface area (Å²) in [6.45, 7) is 0. The van der Waals surface area contributed by atoms with Gasteiger partial charge in [0, 0.05) is 22.6 Å². The minimum Gasteiger partial charge on any atom is -0.292 e. The standard InChI is InChI=1S/C12H9BrN2O/c13-9-4-5-10(15-8-9)7-12(16)11-3-1-2-6-14-11/h1-6,8H,7H2. The summed E-state index contributed by atoms with van der Waals surface area (Å²) < 4.78 is 0.904. The molecule has 2 aromatic heterocycles. The third-order valence-electron chi connectivity index (χ3n) is 2.08. The third kappa shape index (κ3) is 2.73. The van der Waals surface area contributed by atoms with Crippen molar-refractivity contribution in [3.63, 3.8) is 0 Å². The summed E-state index contributed by atoms with van der Waals surface area (Å²) in [7, 11) is 0. The van der Waals surface area contributed by atoms with E-state index < -0.39 is 0 Å². The lowest BCUT2D eigenvalue weighted by Crippen LogP contribution is -2.06. The Morgan fingerprint density at radius 1 is 1.19 bits per heavy atom. The van der Waals surface area contributed by atoms with Crippen molar-refractivity contribution in [3.05, 3.63) is 58.6 Å². The number of ketones is 1. The van der Waals surface area contributed by atoms with Crippen LogP contribution in [-0.4, -0.2) is 15.8 Å². The number of halogens is 1. The number of hydrogen-bond donors (Lipinski definition) is 0. The summed E-state index contributed by atoms with van der Waals surface area (Å²) in [4.78, 5) is 19.9. The number of rotatable bonds is 3. The molecule has 2 rings (SSSR count). The predicted octanol–water partition coefficient (Wildman–Crippen LogP) is 2.66. The molecule has 0 atom stereocenters. The minimum absolute atomic E-state index is 0.0181. The predicted molar refractivity (Wildman–Crippen MR) is 64.2 cm³/mol. The van der Waals surface area contributed by atoms with Crippen LogP contribution in [-0.2, 0) is 6.42 Å². The summed E-state index contributed by atoms with van der Waals surface area (Å²) >= 11 is 3.30. The van der Waals surface area contributed by atoms with Crippen LogP contribution in [0.2, 0.25) is 0 Å². The van der Waals surface area contributed by atoms with Crippen LogP contribution in [0.25, 0.3) is 0 Å². The van der Waals surface area contributed by atoms with E-state index in [2.05, 4.69) is 25.9 Å². The number of pyridine rings is 2. The van der Waals surface area contributed by atoms with E-state index >= 15 is 0 Å². The zero-order chi connectivity index (χ0) is 11.4. The first-order chi connectivity index (χ1) is 7.75. The highest BCUT2D eigenvalue weighted by atomic mass is 79.9. The van der Waals surface area contributed by atoms with Gasteiger partial charge in [-0.15, -0.1) is 0 Å². The Balaban J connectivity index is 2.11. The van der Waals surface area contributed by atoms with Crippen LogP contribution in [0.5, 0.6) is 0 Å². The van der Waals surface area contributed by atoms with E-state index in [1.54, 1.807) is 30.6 Å². The maximum Gasteiger partial charge on any atom is 0.187 e. The van der Waals surface area contributed by atoms with Crippen molar-refractivity contribution in [2.75, 3.05) is 0 Å². The van der Waals surface area contributed by atoms with E-state index in [0.29, 0.717) is 5.69 Å². The number of nitrogens with zero attached hydrogens (tertiary/aromatic N) is 2. The van der Waals surface area contributed by atoms with Gasteiger partial charge in [-0.25, -0.2) is 0 Å². The first kappa shape index (κ1) is 11.0. The first-order valence-corrected chi connectivity index (χ1v) is 5.59. The average molecular weight is 277 g/mol. The van der Waals surface area contributed by atoms with Gasteiger partial charge in [-0.1, -0.05) is 6.07 Å². The molecule has 0 unspecified atom stereocenters. The first-order valence-electron chi connectivity index (χ1n) is 4.80. The lowest BCUT2D eigenvalue weighted by Gasteiger charge is -1.99. The maximum atomic E-state index is 11.8. The lowest BCUT2D eigenvalue weighted by atomic mass is 10.1. The average Bonchev–Trinajstić information content (AvgIpc) is 2.33. The van der Waals surface area contributed by atoms with E-state index in [9.17, 15) is 4.79 Å². The molecule has 0 aromatic carbocycles. The molecule has 0 aliphatic heterocycles. The second-order valence-corrected chi connectivity index (χ2v) is 4.20. The zero-order valence-electron chi connectivity index (χ0n) is 8.43. The molecule has 2 aromatic rings. The number of hydrogen-bond acceptors (Lipinski definition) is 3. The molecule has 3 nitrogen and oxygen atoms in total. The fourth-order valence-electron chi connectivity index (χ4n) is 1.29. The summed E-state index contributed by atoms with van der Waals surface area (Å²) in [5.74, 6) is -0.0181. The molecule has 0 bridgehead atoms. The van der Waals surface area contributed by atoms with Crippen LogP contribution >= 0.6 is 15.9 Å². The van der Waals surface area contributed by atoms with Crippen LogP contribution in [0.3, 0.4) is 0 Å². The van der Waals surface area contributed by atoms with Crippen molar-refractivity contribution in [2.24, 2.45) is 0 Å². The van der Waals surface area contributed by atoms with Crippen LogP contribution in [0.1, 0.15) is 16.2 Å². The smallest absolute Gasteiger partial charge is 0.187 e. The molecule has 80 valence electrons. The van der Waals surface area contributed by atoms with Crippen molar-refractivity contribution in [1.29, 1.82) is 0 Å².